The fraction of sp³-hybridized carbons (Fsp3) is 0.235. The van der Waals surface area contributed by atoms with Crippen molar-refractivity contribution in [3.05, 3.63) is 53.3 Å². The minimum Gasteiger partial charge on any atom is -0.482 e. The number of ether oxygens (including phenoxy) is 2. The molecule has 0 aliphatic carbocycles. The zero-order valence-electron chi connectivity index (χ0n) is 12.8. The standard InChI is InChI=1S/C17H15ClN2O4/c18-15-6-5-12(9-19-15)10-24-17(22)7-8-20-13-3-1-2-4-14(13)23-11-16(20)21/h1-6,9H,7-8,10-11H2. The normalized spacial score (nSPS) is 13.2. The number of pyridine rings is 1. The zero-order valence-corrected chi connectivity index (χ0v) is 13.5. The van der Waals surface area contributed by atoms with Crippen LogP contribution < -0.4 is 9.64 Å². The van der Waals surface area contributed by atoms with Gasteiger partial charge in [-0.2, -0.15) is 0 Å². The van der Waals surface area contributed by atoms with E-state index in [1.54, 1.807) is 35.4 Å². The summed E-state index contributed by atoms with van der Waals surface area (Å²) in [6.07, 6.45) is 1.65. The van der Waals surface area contributed by atoms with Crippen molar-refractivity contribution < 1.29 is 19.1 Å². The molecule has 1 aromatic heterocycles. The van der Waals surface area contributed by atoms with Gasteiger partial charge in [0.25, 0.3) is 5.91 Å². The molecule has 6 nitrogen and oxygen atoms in total. The van der Waals surface area contributed by atoms with E-state index in [-0.39, 0.29) is 38.1 Å². The third kappa shape index (κ3) is 3.83. The molecule has 1 amide bonds. The van der Waals surface area contributed by atoms with Crippen molar-refractivity contribution in [1.29, 1.82) is 0 Å². The molecule has 7 heteroatoms. The number of anilines is 1. The molecule has 1 aliphatic rings. The molecule has 0 atom stereocenters. The Morgan fingerprint density at radius 3 is 2.92 bits per heavy atom. The average Bonchev–Trinajstić information content (AvgIpc) is 2.60. The molecule has 1 aliphatic heterocycles. The van der Waals surface area contributed by atoms with E-state index in [2.05, 4.69) is 4.98 Å². The minimum atomic E-state index is -0.387. The van der Waals surface area contributed by atoms with Crippen LogP contribution in [0.25, 0.3) is 0 Å². The Kier molecular flexibility index (Phi) is 4.96. The highest BCUT2D eigenvalue weighted by Crippen LogP contribution is 2.31. The fourth-order valence-corrected chi connectivity index (χ4v) is 2.44. The lowest BCUT2D eigenvalue weighted by Crippen LogP contribution is -2.40. The monoisotopic (exact) mass is 346 g/mol. The second-order valence-corrected chi connectivity index (χ2v) is 5.59. The predicted molar refractivity (Wildman–Crippen MR) is 88.0 cm³/mol. The summed E-state index contributed by atoms with van der Waals surface area (Å²) in [6.45, 7) is 0.343. The Hall–Kier alpha value is -2.60. The first-order valence-electron chi connectivity index (χ1n) is 7.42. The smallest absolute Gasteiger partial charge is 0.307 e. The minimum absolute atomic E-state index is 0.0253. The maximum Gasteiger partial charge on any atom is 0.307 e. The summed E-state index contributed by atoms with van der Waals surface area (Å²) in [6, 6.07) is 10.6. The van der Waals surface area contributed by atoms with Crippen molar-refractivity contribution in [2.45, 2.75) is 13.0 Å². The van der Waals surface area contributed by atoms with Gasteiger partial charge in [-0.05, 0) is 18.2 Å². The van der Waals surface area contributed by atoms with Crippen LogP contribution in [0.4, 0.5) is 5.69 Å². The van der Waals surface area contributed by atoms with E-state index in [4.69, 9.17) is 21.1 Å². The first kappa shape index (κ1) is 16.3. The zero-order chi connectivity index (χ0) is 16.9. The molecule has 0 saturated heterocycles. The van der Waals surface area contributed by atoms with Crippen LogP contribution in [0.5, 0.6) is 5.75 Å². The lowest BCUT2D eigenvalue weighted by Gasteiger charge is -2.28. The van der Waals surface area contributed by atoms with Crippen molar-refractivity contribution in [2.24, 2.45) is 0 Å². The number of fused-ring (bicyclic) bond motifs is 1. The summed E-state index contributed by atoms with van der Waals surface area (Å²) in [5, 5.41) is 0.384. The number of nitrogens with zero attached hydrogens (tertiary/aromatic N) is 2. The Morgan fingerprint density at radius 2 is 2.12 bits per heavy atom. The molecule has 0 unspecified atom stereocenters. The Morgan fingerprint density at radius 1 is 1.29 bits per heavy atom. The van der Waals surface area contributed by atoms with Crippen LogP contribution in [0.1, 0.15) is 12.0 Å². The third-order valence-corrected chi connectivity index (χ3v) is 3.76. The second kappa shape index (κ2) is 7.31. The van der Waals surface area contributed by atoms with Crippen molar-refractivity contribution >= 4 is 29.2 Å². The predicted octanol–water partition coefficient (Wildman–Crippen LogP) is 2.59. The van der Waals surface area contributed by atoms with Crippen LogP contribution in [0.15, 0.2) is 42.6 Å². The summed E-state index contributed by atoms with van der Waals surface area (Å²) in [7, 11) is 0. The molecule has 124 valence electrons. The first-order chi connectivity index (χ1) is 11.6. The summed E-state index contributed by atoms with van der Waals surface area (Å²) < 4.78 is 10.6. The Labute approximate surface area is 144 Å². The molecular formula is C17H15ClN2O4. The van der Waals surface area contributed by atoms with Crippen molar-refractivity contribution in [3.63, 3.8) is 0 Å². The highest BCUT2D eigenvalue weighted by molar-refractivity contribution is 6.29. The molecule has 0 spiro atoms. The lowest BCUT2D eigenvalue weighted by molar-refractivity contribution is -0.144. The maximum absolute atomic E-state index is 12.0. The van der Waals surface area contributed by atoms with Crippen LogP contribution >= 0.6 is 11.6 Å². The third-order valence-electron chi connectivity index (χ3n) is 3.54. The Bertz CT molecular complexity index is 749. The number of carbonyl (C=O) groups excluding carboxylic acids is 2. The highest BCUT2D eigenvalue weighted by atomic mass is 35.5. The molecule has 24 heavy (non-hydrogen) atoms. The molecule has 0 fully saturated rings. The molecule has 0 bridgehead atoms. The van der Waals surface area contributed by atoms with E-state index in [0.717, 1.165) is 5.56 Å². The van der Waals surface area contributed by atoms with E-state index < -0.39 is 0 Å². The number of aromatic nitrogens is 1. The molecule has 2 aromatic rings. The molecule has 3 rings (SSSR count). The number of rotatable bonds is 5. The largest absolute Gasteiger partial charge is 0.482 e. The van der Waals surface area contributed by atoms with Gasteiger partial charge in [0, 0.05) is 18.3 Å². The summed E-state index contributed by atoms with van der Waals surface area (Å²) >= 11 is 5.70. The van der Waals surface area contributed by atoms with Gasteiger partial charge in [-0.15, -0.1) is 0 Å². The summed E-state index contributed by atoms with van der Waals surface area (Å²) in [5.74, 6) is 0.0721. The van der Waals surface area contributed by atoms with Gasteiger partial charge in [-0.25, -0.2) is 4.98 Å². The fourth-order valence-electron chi connectivity index (χ4n) is 2.33. The van der Waals surface area contributed by atoms with Crippen LogP contribution in [-0.2, 0) is 20.9 Å². The van der Waals surface area contributed by atoms with Crippen LogP contribution in [-0.4, -0.2) is 30.0 Å². The van der Waals surface area contributed by atoms with Crippen molar-refractivity contribution in [1.82, 2.24) is 4.98 Å². The maximum atomic E-state index is 12.0. The van der Waals surface area contributed by atoms with Crippen LogP contribution in [0.3, 0.4) is 0 Å². The molecule has 1 aromatic carbocycles. The van der Waals surface area contributed by atoms with Gasteiger partial charge in [-0.3, -0.25) is 9.59 Å². The van der Waals surface area contributed by atoms with E-state index in [0.29, 0.717) is 16.6 Å². The van der Waals surface area contributed by atoms with Gasteiger partial charge in [0.05, 0.1) is 12.1 Å². The van der Waals surface area contributed by atoms with Crippen LogP contribution in [0.2, 0.25) is 5.15 Å². The SMILES string of the molecule is O=C(CCN1C(=O)COc2ccccc21)OCc1ccc(Cl)nc1. The van der Waals surface area contributed by atoms with Gasteiger partial charge in [0.1, 0.15) is 17.5 Å². The second-order valence-electron chi connectivity index (χ2n) is 5.20. The number of hydrogen-bond donors (Lipinski definition) is 0. The first-order valence-corrected chi connectivity index (χ1v) is 7.79. The van der Waals surface area contributed by atoms with Crippen LogP contribution in [0, 0.1) is 0 Å². The molecular weight excluding hydrogens is 332 g/mol. The number of benzene rings is 1. The number of esters is 1. The van der Waals surface area contributed by atoms with Crippen molar-refractivity contribution in [3.8, 4) is 5.75 Å². The van der Waals surface area contributed by atoms with Gasteiger partial charge in [0.15, 0.2) is 6.61 Å². The van der Waals surface area contributed by atoms with E-state index in [1.165, 1.54) is 0 Å². The Balaban J connectivity index is 1.54. The molecule has 0 saturated carbocycles. The van der Waals surface area contributed by atoms with Crippen molar-refractivity contribution in [2.75, 3.05) is 18.1 Å². The molecule has 0 radical (unpaired) electrons. The topological polar surface area (TPSA) is 68.7 Å². The van der Waals surface area contributed by atoms with Gasteiger partial charge in [-0.1, -0.05) is 29.8 Å². The summed E-state index contributed by atoms with van der Waals surface area (Å²) in [4.78, 5) is 29.4. The number of hydrogen-bond acceptors (Lipinski definition) is 5. The van der Waals surface area contributed by atoms with Gasteiger partial charge in [0.2, 0.25) is 0 Å². The number of para-hydroxylation sites is 2. The quantitative estimate of drug-likeness (QED) is 0.615. The van der Waals surface area contributed by atoms with E-state index in [1.807, 2.05) is 12.1 Å². The number of carbonyl (C=O) groups is 2. The van der Waals surface area contributed by atoms with E-state index >= 15 is 0 Å². The number of amides is 1. The van der Waals surface area contributed by atoms with E-state index in [9.17, 15) is 9.59 Å². The highest BCUT2D eigenvalue weighted by Gasteiger charge is 2.25. The molecule has 0 N–H and O–H groups in total. The van der Waals surface area contributed by atoms with Gasteiger partial charge < -0.3 is 14.4 Å². The van der Waals surface area contributed by atoms with Gasteiger partial charge >= 0.3 is 5.97 Å². The average molecular weight is 347 g/mol. The summed E-state index contributed by atoms with van der Waals surface area (Å²) in [5.41, 5.74) is 1.42. The number of halogens is 1. The lowest BCUT2D eigenvalue weighted by atomic mass is 10.2. The molecule has 2 heterocycles.